The number of primary amides is 1. The summed E-state index contributed by atoms with van der Waals surface area (Å²) >= 11 is 0. The number of carbonyl (C=O) groups is 1. The molecule has 0 aliphatic rings. The van der Waals surface area contributed by atoms with Gasteiger partial charge in [0.25, 0.3) is 0 Å². The predicted molar refractivity (Wildman–Crippen MR) is 92.2 cm³/mol. The number of rotatable bonds is 3. The minimum absolute atomic E-state index is 0.0953. The Hall–Kier alpha value is -3.35. The summed E-state index contributed by atoms with van der Waals surface area (Å²) in [6, 6.07) is 11.8. The van der Waals surface area contributed by atoms with E-state index in [0.29, 0.717) is 16.3 Å². The number of aromatic nitrogens is 1. The topological polar surface area (TPSA) is 48.0 Å². The van der Waals surface area contributed by atoms with E-state index in [1.54, 1.807) is 12.1 Å². The fourth-order valence-electron chi connectivity index (χ4n) is 3.32. The van der Waals surface area contributed by atoms with E-state index in [1.807, 2.05) is 0 Å². The van der Waals surface area contributed by atoms with Crippen LogP contribution >= 0.6 is 0 Å². The third kappa shape index (κ3) is 2.63. The van der Waals surface area contributed by atoms with Crippen molar-refractivity contribution in [3.8, 4) is 0 Å². The molecule has 0 unspecified atom stereocenters. The average Bonchev–Trinajstić information content (AvgIpc) is 2.95. The average molecular weight is 371 g/mol. The Morgan fingerprint density at radius 3 is 2.41 bits per heavy atom. The summed E-state index contributed by atoms with van der Waals surface area (Å²) in [6.07, 6.45) is 0. The summed E-state index contributed by atoms with van der Waals surface area (Å²) in [4.78, 5) is 11.8. The quantitative estimate of drug-likeness (QED) is 0.424. The van der Waals surface area contributed by atoms with Crippen LogP contribution in [0.5, 0.6) is 0 Å². The predicted octanol–water partition coefficient (Wildman–Crippen LogP) is 4.30. The van der Waals surface area contributed by atoms with Gasteiger partial charge >= 0.3 is 0 Å². The van der Waals surface area contributed by atoms with Crippen molar-refractivity contribution >= 4 is 27.7 Å². The van der Waals surface area contributed by atoms with Crippen molar-refractivity contribution in [2.24, 2.45) is 5.73 Å². The van der Waals surface area contributed by atoms with Crippen LogP contribution in [0.2, 0.25) is 0 Å². The standard InChI is InChI=1S/C20H11F4N2O/c21-13-5-1-3-11-17-12(20(25)27)4-2-6-16(17)26(19(11)13)9-10-7-14(22)18(24)15(23)8-10/h1-2,4-8H,9H2,(H2,25,27). The molecule has 0 atom stereocenters. The van der Waals surface area contributed by atoms with Crippen LogP contribution in [0.1, 0.15) is 15.9 Å². The van der Waals surface area contributed by atoms with Crippen molar-refractivity contribution in [3.63, 3.8) is 0 Å². The van der Waals surface area contributed by atoms with Gasteiger partial charge < -0.3 is 10.3 Å². The molecule has 0 aliphatic carbocycles. The zero-order chi connectivity index (χ0) is 19.3. The van der Waals surface area contributed by atoms with E-state index in [2.05, 4.69) is 6.07 Å². The van der Waals surface area contributed by atoms with Crippen molar-refractivity contribution in [2.75, 3.05) is 0 Å². The molecule has 0 saturated carbocycles. The summed E-state index contributed by atoms with van der Waals surface area (Å²) in [5.41, 5.74) is 6.24. The number of fused-ring (bicyclic) bond motifs is 3. The van der Waals surface area contributed by atoms with Gasteiger partial charge in [0.15, 0.2) is 17.5 Å². The highest BCUT2D eigenvalue weighted by Gasteiger charge is 2.20. The lowest BCUT2D eigenvalue weighted by Gasteiger charge is -2.09. The van der Waals surface area contributed by atoms with Gasteiger partial charge in [0, 0.05) is 22.9 Å². The Morgan fingerprint density at radius 2 is 1.74 bits per heavy atom. The van der Waals surface area contributed by atoms with Gasteiger partial charge in [-0.1, -0.05) is 12.1 Å². The summed E-state index contributed by atoms with van der Waals surface area (Å²) in [5, 5.41) is 0.713. The molecule has 1 aromatic heterocycles. The highest BCUT2D eigenvalue weighted by atomic mass is 19.2. The Bertz CT molecular complexity index is 1210. The van der Waals surface area contributed by atoms with Gasteiger partial charge in [-0.05, 0) is 42.0 Å². The van der Waals surface area contributed by atoms with E-state index in [-0.39, 0.29) is 23.2 Å². The van der Waals surface area contributed by atoms with Crippen LogP contribution in [-0.2, 0) is 6.54 Å². The highest BCUT2D eigenvalue weighted by molar-refractivity contribution is 6.17. The highest BCUT2D eigenvalue weighted by Crippen LogP contribution is 2.33. The molecule has 1 radical (unpaired) electrons. The Kier molecular flexibility index (Phi) is 3.87. The van der Waals surface area contributed by atoms with E-state index in [4.69, 9.17) is 5.73 Å². The SMILES string of the molecule is NC(=O)c1cccc2c1c1[c]ccc(F)c1n2Cc1cc(F)c(F)c(F)c1. The van der Waals surface area contributed by atoms with Crippen LogP contribution in [0.25, 0.3) is 21.8 Å². The number of hydrogen-bond acceptors (Lipinski definition) is 1. The number of nitrogens with two attached hydrogens (primary N) is 1. The van der Waals surface area contributed by atoms with Gasteiger partial charge in [-0.15, -0.1) is 0 Å². The molecule has 135 valence electrons. The molecule has 0 saturated heterocycles. The first kappa shape index (κ1) is 17.1. The van der Waals surface area contributed by atoms with Gasteiger partial charge in [0.2, 0.25) is 5.91 Å². The smallest absolute Gasteiger partial charge is 0.249 e. The first-order valence-electron chi connectivity index (χ1n) is 7.93. The first-order valence-corrected chi connectivity index (χ1v) is 7.93. The molecule has 4 aromatic rings. The molecule has 0 spiro atoms. The Labute approximate surface area is 150 Å². The second kappa shape index (κ2) is 6.12. The van der Waals surface area contributed by atoms with Gasteiger partial charge in [-0.25, -0.2) is 17.6 Å². The van der Waals surface area contributed by atoms with Crippen LogP contribution in [0.15, 0.2) is 42.5 Å². The summed E-state index contributed by atoms with van der Waals surface area (Å²) in [5.74, 6) is -5.54. The van der Waals surface area contributed by atoms with E-state index in [1.165, 1.54) is 22.8 Å². The Balaban J connectivity index is 2.05. The molecule has 3 aromatic carbocycles. The number of benzene rings is 3. The second-order valence-corrected chi connectivity index (χ2v) is 6.07. The first-order chi connectivity index (χ1) is 12.9. The van der Waals surface area contributed by atoms with Gasteiger partial charge in [0.1, 0.15) is 5.82 Å². The third-order valence-electron chi connectivity index (χ3n) is 4.42. The number of halogens is 4. The summed E-state index contributed by atoms with van der Waals surface area (Å²) in [7, 11) is 0. The molecule has 3 nitrogen and oxygen atoms in total. The van der Waals surface area contributed by atoms with Crippen LogP contribution in [-0.4, -0.2) is 10.5 Å². The minimum Gasteiger partial charge on any atom is -0.366 e. The monoisotopic (exact) mass is 371 g/mol. The Morgan fingerprint density at radius 1 is 1.04 bits per heavy atom. The second-order valence-electron chi connectivity index (χ2n) is 6.07. The molecule has 0 bridgehead atoms. The number of nitrogens with zero attached hydrogens (tertiary/aromatic N) is 1. The lowest BCUT2D eigenvalue weighted by Crippen LogP contribution is -2.11. The van der Waals surface area contributed by atoms with E-state index < -0.39 is 29.2 Å². The fraction of sp³-hybridized carbons (Fsp3) is 0.0500. The van der Waals surface area contributed by atoms with E-state index in [0.717, 1.165) is 12.1 Å². The molecule has 2 N–H and O–H groups in total. The lowest BCUT2D eigenvalue weighted by molar-refractivity contribution is 0.100. The largest absolute Gasteiger partial charge is 0.366 e. The number of amides is 1. The maximum absolute atomic E-state index is 14.6. The van der Waals surface area contributed by atoms with Crippen LogP contribution < -0.4 is 5.73 Å². The molecule has 0 aliphatic heterocycles. The van der Waals surface area contributed by atoms with E-state index in [9.17, 15) is 22.4 Å². The van der Waals surface area contributed by atoms with Crippen molar-refractivity contribution in [1.82, 2.24) is 4.57 Å². The lowest BCUT2D eigenvalue weighted by atomic mass is 10.1. The molecule has 27 heavy (non-hydrogen) atoms. The van der Waals surface area contributed by atoms with Gasteiger partial charge in [0.05, 0.1) is 11.0 Å². The van der Waals surface area contributed by atoms with Crippen LogP contribution in [0, 0.1) is 29.3 Å². The summed E-state index contributed by atoms with van der Waals surface area (Å²) in [6.45, 7) is -0.148. The zero-order valence-electron chi connectivity index (χ0n) is 13.7. The molecule has 7 heteroatoms. The van der Waals surface area contributed by atoms with Crippen molar-refractivity contribution in [1.29, 1.82) is 0 Å². The molecular formula is C20H11F4N2O. The number of hydrogen-bond donors (Lipinski definition) is 1. The van der Waals surface area contributed by atoms with Gasteiger partial charge in [-0.2, -0.15) is 0 Å². The molecular weight excluding hydrogens is 360 g/mol. The zero-order valence-corrected chi connectivity index (χ0v) is 13.7. The third-order valence-corrected chi connectivity index (χ3v) is 4.42. The minimum atomic E-state index is -1.57. The fourth-order valence-corrected chi connectivity index (χ4v) is 3.32. The van der Waals surface area contributed by atoms with Crippen LogP contribution in [0.3, 0.4) is 0 Å². The maximum Gasteiger partial charge on any atom is 0.249 e. The normalized spacial score (nSPS) is 11.4. The van der Waals surface area contributed by atoms with Crippen molar-refractivity contribution < 1.29 is 22.4 Å². The van der Waals surface area contributed by atoms with Crippen LogP contribution in [0.4, 0.5) is 17.6 Å². The van der Waals surface area contributed by atoms with Gasteiger partial charge in [-0.3, -0.25) is 4.79 Å². The molecule has 1 heterocycles. The van der Waals surface area contributed by atoms with Crippen molar-refractivity contribution in [3.05, 3.63) is 82.9 Å². The molecule has 0 fully saturated rings. The van der Waals surface area contributed by atoms with Crippen molar-refractivity contribution in [2.45, 2.75) is 6.54 Å². The molecule has 1 amide bonds. The molecule has 4 rings (SSSR count). The maximum atomic E-state index is 14.6. The van der Waals surface area contributed by atoms with E-state index >= 15 is 0 Å². The summed E-state index contributed by atoms with van der Waals surface area (Å²) < 4.78 is 56.4. The number of carbonyl (C=O) groups excluding carboxylic acids is 1.